The van der Waals surface area contributed by atoms with Crippen LogP contribution in [0, 0.1) is 0 Å². The Balaban J connectivity index is 1.99. The first-order valence-electron chi connectivity index (χ1n) is 5.25. The molecular weight excluding hydrogens is 266 g/mol. The number of aromatic amines is 1. The number of hydrogen-bond acceptors (Lipinski definition) is 2. The Labute approximate surface area is 103 Å². The fourth-order valence-electron chi connectivity index (χ4n) is 1.66. The fourth-order valence-corrected chi connectivity index (χ4v) is 1.92. The van der Waals surface area contributed by atoms with Crippen LogP contribution in [0.15, 0.2) is 35.1 Å². The molecule has 3 nitrogen and oxygen atoms in total. The summed E-state index contributed by atoms with van der Waals surface area (Å²) in [5, 5.41) is 0. The Hall–Kier alpha value is -1.13. The molecule has 0 spiro atoms. The molecule has 0 amide bonds. The summed E-state index contributed by atoms with van der Waals surface area (Å²) >= 11 is 3.42. The third kappa shape index (κ3) is 2.71. The molecule has 1 aromatic heterocycles. The molecule has 1 aromatic carbocycles. The van der Waals surface area contributed by atoms with Crippen LogP contribution in [-0.2, 0) is 19.4 Å². The summed E-state index contributed by atoms with van der Waals surface area (Å²) in [5.41, 5.74) is 9.03. The number of aromatic nitrogens is 2. The molecule has 0 unspecified atom stereocenters. The average Bonchev–Trinajstić information content (AvgIpc) is 2.76. The molecule has 1 heterocycles. The van der Waals surface area contributed by atoms with Gasteiger partial charge in [-0.1, -0.05) is 28.1 Å². The number of nitrogens with two attached hydrogens (primary N) is 1. The van der Waals surface area contributed by atoms with Gasteiger partial charge in [0.15, 0.2) is 0 Å². The largest absolute Gasteiger partial charge is 0.347 e. The molecule has 4 heteroatoms. The summed E-state index contributed by atoms with van der Waals surface area (Å²) in [6.45, 7) is 0.523. The van der Waals surface area contributed by atoms with E-state index in [1.165, 1.54) is 5.56 Å². The maximum absolute atomic E-state index is 5.61. The molecule has 16 heavy (non-hydrogen) atoms. The van der Waals surface area contributed by atoms with Crippen LogP contribution in [-0.4, -0.2) is 9.97 Å². The lowest BCUT2D eigenvalue weighted by Crippen LogP contribution is -2.02. The van der Waals surface area contributed by atoms with Gasteiger partial charge in [0.25, 0.3) is 0 Å². The number of hydrogen-bond donors (Lipinski definition) is 2. The summed E-state index contributed by atoms with van der Waals surface area (Å²) < 4.78 is 1.11. The molecule has 0 radical (unpaired) electrons. The molecule has 84 valence electrons. The van der Waals surface area contributed by atoms with Crippen LogP contribution in [0.2, 0.25) is 0 Å². The Bertz CT molecular complexity index is 448. The van der Waals surface area contributed by atoms with Crippen molar-refractivity contribution in [2.24, 2.45) is 5.73 Å². The van der Waals surface area contributed by atoms with Crippen molar-refractivity contribution < 1.29 is 0 Å². The van der Waals surface area contributed by atoms with Crippen LogP contribution in [0.25, 0.3) is 0 Å². The third-order valence-corrected chi connectivity index (χ3v) is 3.10. The standard InChI is InChI=1S/C12H14BrN3/c13-10-4-1-9(2-5-10)3-6-11-12(7-14)16-8-15-11/h1-2,4-5,8H,3,6-7,14H2,(H,15,16). The van der Waals surface area contributed by atoms with Gasteiger partial charge in [0.05, 0.1) is 17.7 Å². The Morgan fingerprint density at radius 3 is 2.62 bits per heavy atom. The van der Waals surface area contributed by atoms with Gasteiger partial charge in [0, 0.05) is 11.0 Å². The second-order valence-electron chi connectivity index (χ2n) is 3.66. The van der Waals surface area contributed by atoms with Gasteiger partial charge in [-0.05, 0) is 30.5 Å². The minimum atomic E-state index is 0.523. The average molecular weight is 280 g/mol. The second-order valence-corrected chi connectivity index (χ2v) is 4.57. The lowest BCUT2D eigenvalue weighted by Gasteiger charge is -2.01. The maximum atomic E-state index is 5.61. The molecule has 0 saturated heterocycles. The number of nitrogens with zero attached hydrogens (tertiary/aromatic N) is 1. The van der Waals surface area contributed by atoms with Crippen LogP contribution >= 0.6 is 15.9 Å². The number of nitrogens with one attached hydrogen (secondary N) is 1. The quantitative estimate of drug-likeness (QED) is 0.903. The normalized spacial score (nSPS) is 10.6. The number of benzene rings is 1. The van der Waals surface area contributed by atoms with Crippen molar-refractivity contribution >= 4 is 15.9 Å². The van der Waals surface area contributed by atoms with E-state index in [4.69, 9.17) is 5.73 Å². The SMILES string of the molecule is NCc1[nH]cnc1CCc1ccc(Br)cc1. The Morgan fingerprint density at radius 1 is 1.19 bits per heavy atom. The summed E-state index contributed by atoms with van der Waals surface area (Å²) in [5.74, 6) is 0. The third-order valence-electron chi connectivity index (χ3n) is 2.58. The molecule has 2 rings (SSSR count). The number of aryl methyl sites for hydroxylation is 2. The van der Waals surface area contributed by atoms with E-state index in [9.17, 15) is 0 Å². The van der Waals surface area contributed by atoms with Gasteiger partial charge in [0.2, 0.25) is 0 Å². The van der Waals surface area contributed by atoms with Crippen molar-refractivity contribution in [2.45, 2.75) is 19.4 Å². The Morgan fingerprint density at radius 2 is 1.94 bits per heavy atom. The predicted molar refractivity (Wildman–Crippen MR) is 68.0 cm³/mol. The highest BCUT2D eigenvalue weighted by Gasteiger charge is 2.03. The van der Waals surface area contributed by atoms with Gasteiger partial charge in [-0.25, -0.2) is 4.98 Å². The van der Waals surface area contributed by atoms with Crippen molar-refractivity contribution in [2.75, 3.05) is 0 Å². The molecule has 0 aliphatic rings. The minimum absolute atomic E-state index is 0.523. The first-order valence-corrected chi connectivity index (χ1v) is 6.04. The van der Waals surface area contributed by atoms with Crippen LogP contribution in [0.1, 0.15) is 17.0 Å². The molecule has 0 aliphatic carbocycles. The minimum Gasteiger partial charge on any atom is -0.347 e. The van der Waals surface area contributed by atoms with E-state index in [1.54, 1.807) is 6.33 Å². The highest BCUT2D eigenvalue weighted by molar-refractivity contribution is 9.10. The van der Waals surface area contributed by atoms with Crippen LogP contribution < -0.4 is 5.73 Å². The van der Waals surface area contributed by atoms with Gasteiger partial charge in [0.1, 0.15) is 0 Å². The van der Waals surface area contributed by atoms with Crippen molar-refractivity contribution in [3.05, 3.63) is 52.0 Å². The highest BCUT2D eigenvalue weighted by atomic mass is 79.9. The Kier molecular flexibility index (Phi) is 3.74. The van der Waals surface area contributed by atoms with E-state index < -0.39 is 0 Å². The van der Waals surface area contributed by atoms with E-state index in [2.05, 4.69) is 50.2 Å². The van der Waals surface area contributed by atoms with Gasteiger partial charge in [-0.15, -0.1) is 0 Å². The van der Waals surface area contributed by atoms with Crippen molar-refractivity contribution in [3.8, 4) is 0 Å². The number of rotatable bonds is 4. The van der Waals surface area contributed by atoms with Crippen LogP contribution in [0.4, 0.5) is 0 Å². The van der Waals surface area contributed by atoms with E-state index in [0.717, 1.165) is 28.7 Å². The van der Waals surface area contributed by atoms with E-state index >= 15 is 0 Å². The number of halogens is 1. The number of H-pyrrole nitrogens is 1. The van der Waals surface area contributed by atoms with Crippen molar-refractivity contribution in [1.82, 2.24) is 9.97 Å². The monoisotopic (exact) mass is 279 g/mol. The lowest BCUT2D eigenvalue weighted by atomic mass is 10.1. The molecule has 0 bridgehead atoms. The van der Waals surface area contributed by atoms with E-state index in [1.807, 2.05) is 0 Å². The van der Waals surface area contributed by atoms with E-state index in [0.29, 0.717) is 6.54 Å². The van der Waals surface area contributed by atoms with E-state index in [-0.39, 0.29) is 0 Å². The van der Waals surface area contributed by atoms with Gasteiger partial charge >= 0.3 is 0 Å². The smallest absolute Gasteiger partial charge is 0.0925 e. The predicted octanol–water partition coefficient (Wildman–Crippen LogP) is 2.42. The highest BCUT2D eigenvalue weighted by Crippen LogP contribution is 2.13. The topological polar surface area (TPSA) is 54.7 Å². The summed E-state index contributed by atoms with van der Waals surface area (Å²) in [6, 6.07) is 8.37. The molecule has 0 fully saturated rings. The summed E-state index contributed by atoms with van der Waals surface area (Å²) in [6.07, 6.45) is 3.63. The van der Waals surface area contributed by atoms with Crippen molar-refractivity contribution in [1.29, 1.82) is 0 Å². The first-order chi connectivity index (χ1) is 7.79. The molecule has 3 N–H and O–H groups in total. The molecular formula is C12H14BrN3. The first kappa shape index (κ1) is 11.4. The van der Waals surface area contributed by atoms with Crippen molar-refractivity contribution in [3.63, 3.8) is 0 Å². The molecule has 2 aromatic rings. The van der Waals surface area contributed by atoms with Crippen LogP contribution in [0.3, 0.4) is 0 Å². The second kappa shape index (κ2) is 5.27. The van der Waals surface area contributed by atoms with Gasteiger partial charge < -0.3 is 10.7 Å². The van der Waals surface area contributed by atoms with Gasteiger partial charge in [-0.2, -0.15) is 0 Å². The van der Waals surface area contributed by atoms with Crippen LogP contribution in [0.5, 0.6) is 0 Å². The van der Waals surface area contributed by atoms with Gasteiger partial charge in [-0.3, -0.25) is 0 Å². The summed E-state index contributed by atoms with van der Waals surface area (Å²) in [4.78, 5) is 7.33. The molecule has 0 aliphatic heterocycles. The zero-order chi connectivity index (χ0) is 11.4. The number of imidazole rings is 1. The zero-order valence-corrected chi connectivity index (χ0v) is 10.5. The molecule has 0 saturated carbocycles. The molecule has 0 atom stereocenters. The maximum Gasteiger partial charge on any atom is 0.0925 e. The fraction of sp³-hybridized carbons (Fsp3) is 0.250. The summed E-state index contributed by atoms with van der Waals surface area (Å²) in [7, 11) is 0. The lowest BCUT2D eigenvalue weighted by molar-refractivity contribution is 0.885. The zero-order valence-electron chi connectivity index (χ0n) is 8.91.